The van der Waals surface area contributed by atoms with E-state index in [2.05, 4.69) is 16.0 Å². The van der Waals surface area contributed by atoms with Gasteiger partial charge in [0.25, 0.3) is 17.7 Å². The van der Waals surface area contributed by atoms with Crippen molar-refractivity contribution in [2.45, 2.75) is 19.4 Å². The second-order valence-corrected chi connectivity index (χ2v) is 8.83. The number of ether oxygens (including phenoxy) is 1. The van der Waals surface area contributed by atoms with Crippen LogP contribution in [-0.2, 0) is 16.0 Å². The highest BCUT2D eigenvalue weighted by atomic mass is 16.5. The number of para-hydroxylation sites is 2. The average Bonchev–Trinajstić information content (AvgIpc) is 2.98. The number of benzene rings is 4. The van der Waals surface area contributed by atoms with Crippen LogP contribution < -0.4 is 16.0 Å². The van der Waals surface area contributed by atoms with Gasteiger partial charge in [0, 0.05) is 12.0 Å². The van der Waals surface area contributed by atoms with Gasteiger partial charge in [-0.05, 0) is 48.9 Å². The average molecular weight is 536 g/mol. The normalized spacial score (nSPS) is 11.1. The molecule has 0 aliphatic heterocycles. The number of hydrogen-bond acceptors (Lipinski definition) is 5. The number of hydrogen-bond donors (Lipinski definition) is 3. The molecule has 1 unspecified atom stereocenters. The summed E-state index contributed by atoms with van der Waals surface area (Å²) in [6.07, 6.45) is 0.244. The molecule has 202 valence electrons. The van der Waals surface area contributed by atoms with Crippen molar-refractivity contribution in [3.05, 3.63) is 131 Å². The lowest BCUT2D eigenvalue weighted by molar-refractivity contribution is -0.145. The molecule has 0 spiro atoms. The van der Waals surface area contributed by atoms with E-state index in [0.717, 1.165) is 5.56 Å². The summed E-state index contributed by atoms with van der Waals surface area (Å²) in [5.41, 5.74) is 2.26. The zero-order chi connectivity index (χ0) is 28.3. The van der Waals surface area contributed by atoms with Crippen LogP contribution >= 0.6 is 0 Å². The van der Waals surface area contributed by atoms with Crippen molar-refractivity contribution in [2.75, 3.05) is 17.2 Å². The molecule has 3 N–H and O–H groups in total. The third-order valence-electron chi connectivity index (χ3n) is 6.03. The van der Waals surface area contributed by atoms with E-state index in [1.807, 2.05) is 36.4 Å². The fourth-order valence-electron chi connectivity index (χ4n) is 4.08. The van der Waals surface area contributed by atoms with E-state index in [0.29, 0.717) is 11.3 Å². The lowest BCUT2D eigenvalue weighted by Gasteiger charge is -2.19. The number of amides is 3. The Labute approximate surface area is 232 Å². The van der Waals surface area contributed by atoms with Crippen molar-refractivity contribution in [2.24, 2.45) is 0 Å². The molecule has 4 aromatic carbocycles. The van der Waals surface area contributed by atoms with E-state index < -0.39 is 23.8 Å². The predicted octanol–water partition coefficient (Wildman–Crippen LogP) is 5.10. The van der Waals surface area contributed by atoms with Crippen LogP contribution in [-0.4, -0.2) is 36.3 Å². The smallest absolute Gasteiger partial charge is 0.328 e. The maximum absolute atomic E-state index is 13.3. The second-order valence-electron chi connectivity index (χ2n) is 8.83. The van der Waals surface area contributed by atoms with Gasteiger partial charge in [0.2, 0.25) is 0 Å². The fraction of sp³-hybridized carbons (Fsp3) is 0.125. The number of nitrogens with one attached hydrogen (secondary N) is 3. The number of esters is 1. The van der Waals surface area contributed by atoms with Crippen molar-refractivity contribution >= 4 is 35.1 Å². The molecule has 8 heteroatoms. The summed E-state index contributed by atoms with van der Waals surface area (Å²) in [6, 6.07) is 30.1. The maximum atomic E-state index is 13.3. The van der Waals surface area contributed by atoms with Crippen LogP contribution in [0.15, 0.2) is 109 Å². The van der Waals surface area contributed by atoms with Crippen LogP contribution in [0.25, 0.3) is 0 Å². The van der Waals surface area contributed by atoms with Gasteiger partial charge in [0.05, 0.1) is 29.1 Å². The Hall–Kier alpha value is -5.24. The Kier molecular flexibility index (Phi) is 9.39. The highest BCUT2D eigenvalue weighted by Gasteiger charge is 2.25. The van der Waals surface area contributed by atoms with E-state index in [4.69, 9.17) is 4.74 Å². The van der Waals surface area contributed by atoms with Gasteiger partial charge in [-0.3, -0.25) is 14.4 Å². The Balaban J connectivity index is 1.52. The summed E-state index contributed by atoms with van der Waals surface area (Å²) in [6.45, 7) is 1.87. The number of anilines is 2. The zero-order valence-corrected chi connectivity index (χ0v) is 21.9. The van der Waals surface area contributed by atoms with Gasteiger partial charge in [-0.15, -0.1) is 0 Å². The molecule has 0 fully saturated rings. The summed E-state index contributed by atoms with van der Waals surface area (Å²) in [5.74, 6) is -1.97. The van der Waals surface area contributed by atoms with Crippen molar-refractivity contribution in [1.82, 2.24) is 5.32 Å². The number of carbonyl (C=O) groups is 4. The minimum atomic E-state index is -0.924. The minimum Gasteiger partial charge on any atom is -0.464 e. The molecular formula is C32H29N3O5. The van der Waals surface area contributed by atoms with Crippen LogP contribution in [0, 0.1) is 0 Å². The molecular weight excluding hydrogens is 506 g/mol. The third kappa shape index (κ3) is 7.20. The van der Waals surface area contributed by atoms with E-state index in [1.165, 1.54) is 0 Å². The monoisotopic (exact) mass is 535 g/mol. The number of carbonyl (C=O) groups excluding carboxylic acids is 4. The van der Waals surface area contributed by atoms with Crippen molar-refractivity contribution in [3.63, 3.8) is 0 Å². The predicted molar refractivity (Wildman–Crippen MR) is 153 cm³/mol. The van der Waals surface area contributed by atoms with Crippen molar-refractivity contribution < 1.29 is 23.9 Å². The first-order valence-corrected chi connectivity index (χ1v) is 12.8. The SMILES string of the molecule is CCOC(=O)C(Cc1ccccc1)NC(=O)c1ccccc1NC(=O)c1ccccc1NC(=O)c1ccccc1. The maximum Gasteiger partial charge on any atom is 0.328 e. The van der Waals surface area contributed by atoms with Gasteiger partial charge in [-0.25, -0.2) is 4.79 Å². The molecule has 0 radical (unpaired) electrons. The van der Waals surface area contributed by atoms with Crippen LogP contribution in [0.4, 0.5) is 11.4 Å². The minimum absolute atomic E-state index is 0.170. The van der Waals surface area contributed by atoms with Crippen LogP contribution in [0.3, 0.4) is 0 Å². The third-order valence-corrected chi connectivity index (χ3v) is 6.03. The van der Waals surface area contributed by atoms with Gasteiger partial charge in [-0.2, -0.15) is 0 Å². The summed E-state index contributed by atoms with van der Waals surface area (Å²) in [7, 11) is 0. The van der Waals surface area contributed by atoms with Gasteiger partial charge >= 0.3 is 5.97 Å². The van der Waals surface area contributed by atoms with Crippen LogP contribution in [0.2, 0.25) is 0 Å². The fourth-order valence-corrected chi connectivity index (χ4v) is 4.08. The molecule has 3 amide bonds. The second kappa shape index (κ2) is 13.5. The molecule has 8 nitrogen and oxygen atoms in total. The van der Waals surface area contributed by atoms with Crippen molar-refractivity contribution in [1.29, 1.82) is 0 Å². The molecule has 1 atom stereocenters. The first kappa shape index (κ1) is 27.8. The largest absolute Gasteiger partial charge is 0.464 e. The van der Waals surface area contributed by atoms with Crippen LogP contribution in [0.5, 0.6) is 0 Å². The lowest BCUT2D eigenvalue weighted by Crippen LogP contribution is -2.43. The van der Waals surface area contributed by atoms with Gasteiger partial charge in [0.1, 0.15) is 6.04 Å². The van der Waals surface area contributed by atoms with E-state index >= 15 is 0 Å². The highest BCUT2D eigenvalue weighted by molar-refractivity contribution is 6.14. The molecule has 0 saturated heterocycles. The zero-order valence-electron chi connectivity index (χ0n) is 21.9. The summed E-state index contributed by atoms with van der Waals surface area (Å²) >= 11 is 0. The summed E-state index contributed by atoms with van der Waals surface area (Å²) in [4.78, 5) is 52.0. The Morgan fingerprint density at radius 3 is 1.73 bits per heavy atom. The Morgan fingerprint density at radius 1 is 0.625 bits per heavy atom. The van der Waals surface area contributed by atoms with Gasteiger partial charge in [-0.1, -0.05) is 72.8 Å². The molecule has 0 aromatic heterocycles. The Bertz CT molecular complexity index is 1490. The van der Waals surface area contributed by atoms with E-state index in [1.54, 1.807) is 79.7 Å². The summed E-state index contributed by atoms with van der Waals surface area (Å²) in [5, 5.41) is 8.30. The molecule has 0 aliphatic rings. The van der Waals surface area contributed by atoms with Gasteiger partial charge in [0.15, 0.2) is 0 Å². The number of rotatable bonds is 10. The molecule has 0 heterocycles. The quantitative estimate of drug-likeness (QED) is 0.245. The topological polar surface area (TPSA) is 114 Å². The van der Waals surface area contributed by atoms with E-state index in [-0.39, 0.29) is 35.7 Å². The molecule has 0 bridgehead atoms. The molecule has 4 aromatic rings. The molecule has 40 heavy (non-hydrogen) atoms. The van der Waals surface area contributed by atoms with Crippen molar-refractivity contribution in [3.8, 4) is 0 Å². The summed E-state index contributed by atoms with van der Waals surface area (Å²) < 4.78 is 5.18. The van der Waals surface area contributed by atoms with Gasteiger partial charge < -0.3 is 20.7 Å². The first-order chi connectivity index (χ1) is 19.5. The lowest BCUT2D eigenvalue weighted by atomic mass is 10.0. The standard InChI is InChI=1S/C32H29N3O5/c1-2-40-32(39)28(21-22-13-5-3-6-14-22)35-31(38)25-18-10-12-20-27(25)34-30(37)24-17-9-11-19-26(24)33-29(36)23-15-7-4-8-16-23/h3-20,28H,2,21H2,1H3,(H,33,36)(H,34,37)(H,35,38). The first-order valence-electron chi connectivity index (χ1n) is 12.8. The molecule has 0 aliphatic carbocycles. The van der Waals surface area contributed by atoms with Crippen LogP contribution in [0.1, 0.15) is 43.6 Å². The van der Waals surface area contributed by atoms with E-state index in [9.17, 15) is 19.2 Å². The molecule has 4 rings (SSSR count). The Morgan fingerprint density at radius 2 is 1.12 bits per heavy atom. The molecule has 0 saturated carbocycles. The highest BCUT2D eigenvalue weighted by Crippen LogP contribution is 2.21.